The van der Waals surface area contributed by atoms with E-state index in [1.165, 1.54) is 0 Å². The largest absolute Gasteiger partial charge is 0.489 e. The second kappa shape index (κ2) is 6.54. The molecule has 1 unspecified atom stereocenters. The SMILES string of the molecule is CCOCCOc1ccccc1N1CC(N)CC1=O. The van der Waals surface area contributed by atoms with Gasteiger partial charge in [0.1, 0.15) is 12.4 Å². The summed E-state index contributed by atoms with van der Waals surface area (Å²) in [7, 11) is 0. The number of anilines is 1. The van der Waals surface area contributed by atoms with E-state index in [1.54, 1.807) is 4.90 Å². The lowest BCUT2D eigenvalue weighted by Crippen LogP contribution is -2.28. The Kier molecular flexibility index (Phi) is 4.76. The number of amides is 1. The van der Waals surface area contributed by atoms with Crippen LogP contribution in [0.4, 0.5) is 5.69 Å². The maximum atomic E-state index is 11.9. The predicted molar refractivity (Wildman–Crippen MR) is 73.4 cm³/mol. The van der Waals surface area contributed by atoms with Crippen LogP contribution in [0.25, 0.3) is 0 Å². The molecule has 1 fully saturated rings. The maximum Gasteiger partial charge on any atom is 0.228 e. The summed E-state index contributed by atoms with van der Waals surface area (Å²) in [5, 5.41) is 0. The summed E-state index contributed by atoms with van der Waals surface area (Å²) >= 11 is 0. The van der Waals surface area contributed by atoms with Gasteiger partial charge in [-0.05, 0) is 19.1 Å². The first-order chi connectivity index (χ1) is 9.22. The Bertz CT molecular complexity index is 436. The minimum Gasteiger partial charge on any atom is -0.489 e. The minimum absolute atomic E-state index is 0.0494. The zero-order valence-electron chi connectivity index (χ0n) is 11.2. The van der Waals surface area contributed by atoms with Gasteiger partial charge >= 0.3 is 0 Å². The Balaban J connectivity index is 2.06. The van der Waals surface area contributed by atoms with Crippen molar-refractivity contribution in [2.45, 2.75) is 19.4 Å². The summed E-state index contributed by atoms with van der Waals surface area (Å²) < 4.78 is 10.9. The molecule has 1 aromatic rings. The average molecular weight is 264 g/mol. The van der Waals surface area contributed by atoms with Crippen LogP contribution in [-0.4, -0.2) is 38.3 Å². The smallest absolute Gasteiger partial charge is 0.228 e. The van der Waals surface area contributed by atoms with Crippen molar-refractivity contribution in [1.82, 2.24) is 0 Å². The van der Waals surface area contributed by atoms with Crippen LogP contribution in [0, 0.1) is 0 Å². The van der Waals surface area contributed by atoms with Crippen LogP contribution in [-0.2, 0) is 9.53 Å². The number of nitrogens with zero attached hydrogens (tertiary/aromatic N) is 1. The van der Waals surface area contributed by atoms with E-state index in [1.807, 2.05) is 31.2 Å². The van der Waals surface area contributed by atoms with E-state index in [-0.39, 0.29) is 11.9 Å². The number of carbonyl (C=O) groups excluding carboxylic acids is 1. The Morgan fingerprint density at radius 3 is 2.84 bits per heavy atom. The van der Waals surface area contributed by atoms with Crippen molar-refractivity contribution in [2.75, 3.05) is 31.3 Å². The third-order valence-corrected chi connectivity index (χ3v) is 3.00. The molecule has 104 valence electrons. The van der Waals surface area contributed by atoms with Crippen LogP contribution < -0.4 is 15.4 Å². The molecule has 2 rings (SSSR count). The maximum absolute atomic E-state index is 11.9. The second-order valence-electron chi connectivity index (χ2n) is 4.48. The molecule has 0 aromatic heterocycles. The molecule has 1 aliphatic heterocycles. The van der Waals surface area contributed by atoms with Gasteiger partial charge in [-0.2, -0.15) is 0 Å². The molecule has 5 nitrogen and oxygen atoms in total. The second-order valence-corrected chi connectivity index (χ2v) is 4.48. The molecule has 0 spiro atoms. The van der Waals surface area contributed by atoms with Gasteiger partial charge in [0.05, 0.1) is 12.3 Å². The molecule has 1 aromatic carbocycles. The predicted octanol–water partition coefficient (Wildman–Crippen LogP) is 1.17. The molecule has 1 aliphatic rings. The van der Waals surface area contributed by atoms with Crippen LogP contribution in [0.1, 0.15) is 13.3 Å². The summed E-state index contributed by atoms with van der Waals surface area (Å²) in [5.74, 6) is 0.748. The van der Waals surface area contributed by atoms with Crippen molar-refractivity contribution in [1.29, 1.82) is 0 Å². The molecule has 0 radical (unpaired) electrons. The number of hydrogen-bond acceptors (Lipinski definition) is 4. The Morgan fingerprint density at radius 2 is 2.16 bits per heavy atom. The Hall–Kier alpha value is -1.59. The van der Waals surface area contributed by atoms with Crippen LogP contribution in [0.3, 0.4) is 0 Å². The number of hydrogen-bond donors (Lipinski definition) is 1. The average Bonchev–Trinajstić information content (AvgIpc) is 2.74. The monoisotopic (exact) mass is 264 g/mol. The van der Waals surface area contributed by atoms with Crippen molar-refractivity contribution in [3.05, 3.63) is 24.3 Å². The fourth-order valence-corrected chi connectivity index (χ4v) is 2.13. The minimum atomic E-state index is -0.0935. The van der Waals surface area contributed by atoms with Crippen LogP contribution >= 0.6 is 0 Å². The Morgan fingerprint density at radius 1 is 1.37 bits per heavy atom. The zero-order chi connectivity index (χ0) is 13.7. The summed E-state index contributed by atoms with van der Waals surface area (Å²) in [5.41, 5.74) is 6.61. The van der Waals surface area contributed by atoms with Crippen LogP contribution in [0.2, 0.25) is 0 Å². The molecule has 2 N–H and O–H groups in total. The van der Waals surface area contributed by atoms with Gasteiger partial charge in [-0.25, -0.2) is 0 Å². The fraction of sp³-hybridized carbons (Fsp3) is 0.500. The number of nitrogens with two attached hydrogens (primary N) is 1. The van der Waals surface area contributed by atoms with E-state index in [0.29, 0.717) is 38.5 Å². The lowest BCUT2D eigenvalue weighted by Gasteiger charge is -2.20. The van der Waals surface area contributed by atoms with E-state index in [4.69, 9.17) is 15.2 Å². The van der Waals surface area contributed by atoms with Crippen LogP contribution in [0.5, 0.6) is 5.75 Å². The molecule has 1 amide bonds. The first-order valence-electron chi connectivity index (χ1n) is 6.58. The molecule has 19 heavy (non-hydrogen) atoms. The molecular formula is C14H20N2O3. The van der Waals surface area contributed by atoms with Gasteiger partial charge in [-0.3, -0.25) is 4.79 Å². The van der Waals surface area contributed by atoms with Gasteiger partial charge in [0.25, 0.3) is 0 Å². The highest BCUT2D eigenvalue weighted by atomic mass is 16.5. The van der Waals surface area contributed by atoms with Crippen molar-refractivity contribution in [3.63, 3.8) is 0 Å². The van der Waals surface area contributed by atoms with E-state index in [0.717, 1.165) is 5.69 Å². The van der Waals surface area contributed by atoms with E-state index in [9.17, 15) is 4.79 Å². The number of benzene rings is 1. The molecule has 1 heterocycles. The van der Waals surface area contributed by atoms with Gasteiger partial charge in [-0.15, -0.1) is 0 Å². The quantitative estimate of drug-likeness (QED) is 0.783. The Labute approximate surface area is 113 Å². The highest BCUT2D eigenvalue weighted by molar-refractivity contribution is 5.97. The first-order valence-corrected chi connectivity index (χ1v) is 6.58. The van der Waals surface area contributed by atoms with E-state index < -0.39 is 0 Å². The molecule has 0 saturated carbocycles. The highest BCUT2D eigenvalue weighted by Gasteiger charge is 2.29. The third-order valence-electron chi connectivity index (χ3n) is 3.00. The van der Waals surface area contributed by atoms with Crippen LogP contribution in [0.15, 0.2) is 24.3 Å². The first kappa shape index (κ1) is 13.8. The standard InChI is InChI=1S/C14H20N2O3/c1-2-18-7-8-19-13-6-4-3-5-12(13)16-10-11(15)9-14(16)17/h3-6,11H,2,7-10,15H2,1H3. The normalized spacial score (nSPS) is 18.9. The third kappa shape index (κ3) is 3.45. The molecular weight excluding hydrogens is 244 g/mol. The highest BCUT2D eigenvalue weighted by Crippen LogP contribution is 2.30. The molecule has 1 saturated heterocycles. The van der Waals surface area contributed by atoms with Crippen molar-refractivity contribution in [3.8, 4) is 5.75 Å². The van der Waals surface area contributed by atoms with Crippen molar-refractivity contribution >= 4 is 11.6 Å². The van der Waals surface area contributed by atoms with Gasteiger partial charge < -0.3 is 20.1 Å². The number of para-hydroxylation sites is 2. The molecule has 5 heteroatoms. The fourth-order valence-electron chi connectivity index (χ4n) is 2.13. The summed E-state index contributed by atoms with van der Waals surface area (Å²) in [6, 6.07) is 7.43. The van der Waals surface area contributed by atoms with Gasteiger partial charge in [0.2, 0.25) is 5.91 Å². The van der Waals surface area contributed by atoms with Gasteiger partial charge in [0, 0.05) is 25.6 Å². The van der Waals surface area contributed by atoms with E-state index >= 15 is 0 Å². The van der Waals surface area contributed by atoms with Gasteiger partial charge in [0.15, 0.2) is 0 Å². The summed E-state index contributed by atoms with van der Waals surface area (Å²) in [6.45, 7) is 4.17. The topological polar surface area (TPSA) is 64.8 Å². The number of rotatable bonds is 6. The van der Waals surface area contributed by atoms with E-state index in [2.05, 4.69) is 0 Å². The van der Waals surface area contributed by atoms with Crippen molar-refractivity contribution in [2.24, 2.45) is 5.73 Å². The molecule has 1 atom stereocenters. The van der Waals surface area contributed by atoms with Gasteiger partial charge in [-0.1, -0.05) is 12.1 Å². The number of carbonyl (C=O) groups is 1. The zero-order valence-corrected chi connectivity index (χ0v) is 11.2. The van der Waals surface area contributed by atoms with Crippen molar-refractivity contribution < 1.29 is 14.3 Å². The lowest BCUT2D eigenvalue weighted by atomic mass is 10.2. The summed E-state index contributed by atoms with van der Waals surface area (Å²) in [6.07, 6.45) is 0.396. The lowest BCUT2D eigenvalue weighted by molar-refractivity contribution is -0.117. The molecule has 0 bridgehead atoms. The number of ether oxygens (including phenoxy) is 2. The molecule has 0 aliphatic carbocycles. The summed E-state index contributed by atoms with van der Waals surface area (Å²) in [4.78, 5) is 13.6.